The van der Waals surface area contributed by atoms with Gasteiger partial charge in [0.05, 0.1) is 35.8 Å². The Morgan fingerprint density at radius 2 is 1.75 bits per heavy atom. The fourth-order valence-electron chi connectivity index (χ4n) is 3.71. The smallest absolute Gasteiger partial charge is 0.414 e. The zero-order chi connectivity index (χ0) is 25.7. The first-order valence-corrected chi connectivity index (χ1v) is 11.7. The van der Waals surface area contributed by atoms with Crippen LogP contribution in [0, 0.1) is 6.92 Å². The van der Waals surface area contributed by atoms with Gasteiger partial charge in [-0.25, -0.2) is 14.8 Å². The van der Waals surface area contributed by atoms with E-state index in [-0.39, 0.29) is 6.61 Å². The number of nitrogens with zero attached hydrogens (tertiary/aromatic N) is 3. The number of anilines is 1. The molecule has 1 aromatic heterocycles. The Hall–Kier alpha value is -4.04. The predicted octanol–water partition coefficient (Wildman–Crippen LogP) is 6.56. The van der Waals surface area contributed by atoms with Crippen LogP contribution in [0.5, 0.6) is 23.1 Å². The van der Waals surface area contributed by atoms with Gasteiger partial charge in [-0.2, -0.15) is 0 Å². The number of amides is 1. The van der Waals surface area contributed by atoms with Crippen molar-refractivity contribution in [1.82, 2.24) is 9.97 Å². The van der Waals surface area contributed by atoms with Gasteiger partial charge in [0.25, 0.3) is 0 Å². The number of rotatable bonds is 8. The zero-order valence-electron chi connectivity index (χ0n) is 20.4. The van der Waals surface area contributed by atoms with E-state index in [0.29, 0.717) is 51.3 Å². The second-order valence-electron chi connectivity index (χ2n) is 7.84. The van der Waals surface area contributed by atoms with Crippen LogP contribution in [0.25, 0.3) is 10.9 Å². The van der Waals surface area contributed by atoms with E-state index < -0.39 is 6.09 Å². The third-order valence-corrected chi connectivity index (χ3v) is 5.98. The highest BCUT2D eigenvalue weighted by atomic mass is 35.5. The summed E-state index contributed by atoms with van der Waals surface area (Å²) in [5.41, 5.74) is 3.15. The minimum absolute atomic E-state index is 0.176. The number of hydrogen-bond donors (Lipinski definition) is 0. The van der Waals surface area contributed by atoms with Gasteiger partial charge in [0.2, 0.25) is 5.88 Å². The largest absolute Gasteiger partial charge is 0.493 e. The van der Waals surface area contributed by atoms with E-state index in [2.05, 4.69) is 9.97 Å². The summed E-state index contributed by atoms with van der Waals surface area (Å²) in [6.07, 6.45) is 0.919. The summed E-state index contributed by atoms with van der Waals surface area (Å²) in [5, 5.41) is 0.977. The molecule has 0 aliphatic heterocycles. The Kier molecular flexibility index (Phi) is 7.75. The average molecular weight is 508 g/mol. The molecule has 0 unspecified atom stereocenters. The van der Waals surface area contributed by atoms with Crippen LogP contribution in [0.4, 0.5) is 10.5 Å². The molecule has 4 aromatic rings. The minimum atomic E-state index is -0.487. The Labute approximate surface area is 214 Å². The Bertz CT molecular complexity index is 1400. The summed E-state index contributed by atoms with van der Waals surface area (Å²) in [7, 11) is 3.11. The van der Waals surface area contributed by atoms with Crippen LogP contribution in [0.2, 0.25) is 5.02 Å². The highest BCUT2D eigenvalue weighted by Gasteiger charge is 2.20. The molecule has 0 spiro atoms. The highest BCUT2D eigenvalue weighted by Crippen LogP contribution is 2.37. The molecule has 36 heavy (non-hydrogen) atoms. The number of aromatic nitrogens is 2. The number of carbonyl (C=O) groups is 1. The highest BCUT2D eigenvalue weighted by molar-refractivity contribution is 6.33. The first-order valence-electron chi connectivity index (χ1n) is 11.3. The van der Waals surface area contributed by atoms with Gasteiger partial charge >= 0.3 is 6.09 Å². The van der Waals surface area contributed by atoms with Crippen molar-refractivity contribution in [2.75, 3.05) is 25.7 Å². The maximum Gasteiger partial charge on any atom is 0.414 e. The number of ether oxygens (including phenoxy) is 4. The second kappa shape index (κ2) is 11.1. The Morgan fingerprint density at radius 3 is 2.44 bits per heavy atom. The summed E-state index contributed by atoms with van der Waals surface area (Å²) >= 11 is 6.56. The lowest BCUT2D eigenvalue weighted by Gasteiger charge is -2.22. The van der Waals surface area contributed by atoms with E-state index in [1.54, 1.807) is 44.6 Å². The van der Waals surface area contributed by atoms with Crippen molar-refractivity contribution >= 4 is 34.3 Å². The van der Waals surface area contributed by atoms with Crippen LogP contribution in [0.15, 0.2) is 60.9 Å². The fraction of sp³-hybridized carbons (Fsp3) is 0.222. The standard InChI is InChI=1S/C27H26ClN3O5/c1-5-31(27(32)35-15-18-9-7-6-8-17(18)2)23-11-10-19(12-21(23)28)36-26-20-13-24(33-3)25(34-4)14-22(20)29-16-30-26/h6-14,16H,5,15H2,1-4H3. The molecule has 0 saturated heterocycles. The first kappa shape index (κ1) is 25.1. The molecule has 4 rings (SSSR count). The molecule has 0 N–H and O–H groups in total. The van der Waals surface area contributed by atoms with Crippen molar-refractivity contribution in [2.24, 2.45) is 0 Å². The van der Waals surface area contributed by atoms with Gasteiger partial charge in [-0.15, -0.1) is 0 Å². The molecule has 0 radical (unpaired) electrons. The number of fused-ring (bicyclic) bond motifs is 1. The van der Waals surface area contributed by atoms with Crippen molar-refractivity contribution in [1.29, 1.82) is 0 Å². The SMILES string of the molecule is CCN(C(=O)OCc1ccccc1C)c1ccc(Oc2ncnc3cc(OC)c(OC)cc23)cc1Cl. The lowest BCUT2D eigenvalue weighted by atomic mass is 10.1. The number of benzene rings is 3. The molecule has 0 saturated carbocycles. The monoisotopic (exact) mass is 507 g/mol. The number of carbonyl (C=O) groups excluding carboxylic acids is 1. The molecule has 1 amide bonds. The summed E-state index contributed by atoms with van der Waals surface area (Å²) in [6, 6.07) is 16.3. The maximum absolute atomic E-state index is 12.8. The number of methoxy groups -OCH3 is 2. The van der Waals surface area contributed by atoms with Crippen LogP contribution >= 0.6 is 11.6 Å². The Morgan fingerprint density at radius 1 is 1.00 bits per heavy atom. The molecule has 0 aliphatic rings. The molecule has 1 heterocycles. The summed E-state index contributed by atoms with van der Waals surface area (Å²) < 4.78 is 22.3. The first-order chi connectivity index (χ1) is 17.4. The molecule has 9 heteroatoms. The van der Waals surface area contributed by atoms with Gasteiger partial charge in [0, 0.05) is 18.7 Å². The van der Waals surface area contributed by atoms with E-state index in [1.165, 1.54) is 11.2 Å². The second-order valence-corrected chi connectivity index (χ2v) is 8.25. The van der Waals surface area contributed by atoms with Crippen molar-refractivity contribution in [3.8, 4) is 23.1 Å². The van der Waals surface area contributed by atoms with E-state index in [0.717, 1.165) is 11.1 Å². The zero-order valence-corrected chi connectivity index (χ0v) is 21.2. The number of halogens is 1. The molecule has 3 aromatic carbocycles. The van der Waals surface area contributed by atoms with Crippen molar-refractivity contribution in [2.45, 2.75) is 20.5 Å². The molecule has 186 valence electrons. The lowest BCUT2D eigenvalue weighted by Crippen LogP contribution is -2.31. The molecular formula is C27H26ClN3O5. The van der Waals surface area contributed by atoms with Gasteiger partial charge in [-0.05, 0) is 43.2 Å². The molecular weight excluding hydrogens is 482 g/mol. The van der Waals surface area contributed by atoms with Gasteiger partial charge in [-0.3, -0.25) is 4.90 Å². The molecule has 0 aliphatic carbocycles. The van der Waals surface area contributed by atoms with Crippen LogP contribution in [-0.2, 0) is 11.3 Å². The van der Waals surface area contributed by atoms with E-state index in [9.17, 15) is 4.79 Å². The van der Waals surface area contributed by atoms with Crippen molar-refractivity contribution in [3.05, 3.63) is 77.1 Å². The summed E-state index contributed by atoms with van der Waals surface area (Å²) in [6.45, 7) is 4.38. The average Bonchev–Trinajstić information content (AvgIpc) is 2.89. The normalized spacial score (nSPS) is 10.7. The van der Waals surface area contributed by atoms with Gasteiger partial charge in [-0.1, -0.05) is 35.9 Å². The minimum Gasteiger partial charge on any atom is -0.493 e. The van der Waals surface area contributed by atoms with E-state index in [4.69, 9.17) is 30.5 Å². The molecule has 0 fully saturated rings. The quantitative estimate of drug-likeness (QED) is 0.267. The maximum atomic E-state index is 12.8. The van der Waals surface area contributed by atoms with Crippen LogP contribution in [0.1, 0.15) is 18.1 Å². The van der Waals surface area contributed by atoms with Crippen LogP contribution in [-0.4, -0.2) is 36.8 Å². The topological polar surface area (TPSA) is 83.0 Å². The van der Waals surface area contributed by atoms with Crippen molar-refractivity contribution in [3.63, 3.8) is 0 Å². The number of aryl methyl sites for hydroxylation is 1. The van der Waals surface area contributed by atoms with Gasteiger partial charge in [0.1, 0.15) is 18.7 Å². The third-order valence-electron chi connectivity index (χ3n) is 5.68. The van der Waals surface area contributed by atoms with Crippen LogP contribution < -0.4 is 19.1 Å². The van der Waals surface area contributed by atoms with Gasteiger partial charge in [0.15, 0.2) is 11.5 Å². The Balaban J connectivity index is 1.54. The number of hydrogen-bond acceptors (Lipinski definition) is 7. The molecule has 0 atom stereocenters. The van der Waals surface area contributed by atoms with Crippen molar-refractivity contribution < 1.29 is 23.7 Å². The van der Waals surface area contributed by atoms with Crippen LogP contribution in [0.3, 0.4) is 0 Å². The predicted molar refractivity (Wildman–Crippen MR) is 139 cm³/mol. The summed E-state index contributed by atoms with van der Waals surface area (Å²) in [5.74, 6) is 1.86. The fourth-order valence-corrected chi connectivity index (χ4v) is 3.98. The summed E-state index contributed by atoms with van der Waals surface area (Å²) in [4.78, 5) is 22.8. The lowest BCUT2D eigenvalue weighted by molar-refractivity contribution is 0.147. The third kappa shape index (κ3) is 5.28. The molecule has 8 nitrogen and oxygen atoms in total. The van der Waals surface area contributed by atoms with Gasteiger partial charge < -0.3 is 18.9 Å². The van der Waals surface area contributed by atoms with E-state index in [1.807, 2.05) is 38.1 Å². The van der Waals surface area contributed by atoms with E-state index >= 15 is 0 Å². The molecule has 0 bridgehead atoms.